The highest BCUT2D eigenvalue weighted by atomic mass is 32.2. The molecule has 0 aromatic heterocycles. The van der Waals surface area contributed by atoms with Gasteiger partial charge < -0.3 is 15.0 Å². The van der Waals surface area contributed by atoms with Crippen LogP contribution in [0.4, 0.5) is 18.9 Å². The number of likely N-dealkylation sites (tertiary alicyclic amines) is 1. The van der Waals surface area contributed by atoms with Crippen LogP contribution in [0.15, 0.2) is 47.4 Å². The lowest BCUT2D eigenvalue weighted by Crippen LogP contribution is -2.32. The van der Waals surface area contributed by atoms with Crippen molar-refractivity contribution in [1.82, 2.24) is 4.90 Å². The number of halogens is 3. The number of anilines is 1. The highest BCUT2D eigenvalue weighted by Crippen LogP contribution is 2.41. The van der Waals surface area contributed by atoms with Crippen LogP contribution in [0, 0.1) is 5.92 Å². The monoisotopic (exact) mass is 438 g/mol. The lowest BCUT2D eigenvalue weighted by molar-refractivity contribution is -0.139. The molecule has 0 radical (unpaired) electrons. The fourth-order valence-electron chi connectivity index (χ4n) is 3.62. The average molecular weight is 438 g/mol. The third kappa shape index (κ3) is 4.26. The normalized spacial score (nSPS) is 19.1. The number of alkyl halides is 3. The van der Waals surface area contributed by atoms with E-state index in [2.05, 4.69) is 5.32 Å². The Labute approximate surface area is 176 Å². The second-order valence-corrected chi connectivity index (χ2v) is 7.80. The van der Waals surface area contributed by atoms with Gasteiger partial charge >= 0.3 is 6.18 Å². The number of benzene rings is 2. The zero-order valence-electron chi connectivity index (χ0n) is 16.6. The van der Waals surface area contributed by atoms with Gasteiger partial charge in [0.1, 0.15) is 11.7 Å². The minimum atomic E-state index is -4.57. The maximum Gasteiger partial charge on any atom is 0.419 e. The topological polar surface area (TPSA) is 58.6 Å². The van der Waals surface area contributed by atoms with Crippen molar-refractivity contribution < 1.29 is 27.5 Å². The van der Waals surface area contributed by atoms with Crippen LogP contribution in [0.25, 0.3) is 0 Å². The van der Waals surface area contributed by atoms with Crippen molar-refractivity contribution in [2.24, 2.45) is 5.92 Å². The van der Waals surface area contributed by atoms with Gasteiger partial charge in [-0.3, -0.25) is 9.59 Å². The highest BCUT2D eigenvalue weighted by Gasteiger charge is 2.45. The minimum Gasteiger partial charge on any atom is -0.496 e. The predicted octanol–water partition coefficient (Wildman–Crippen LogP) is 4.25. The van der Waals surface area contributed by atoms with E-state index in [1.165, 1.54) is 28.8 Å². The van der Waals surface area contributed by atoms with Crippen LogP contribution in [0.2, 0.25) is 0 Å². The molecular weight excluding hydrogens is 417 g/mol. The molecule has 3 rings (SSSR count). The van der Waals surface area contributed by atoms with E-state index >= 15 is 0 Å². The lowest BCUT2D eigenvalue weighted by atomic mass is 9.87. The van der Waals surface area contributed by atoms with Crippen LogP contribution >= 0.6 is 11.8 Å². The molecule has 0 saturated carbocycles. The first-order valence-electron chi connectivity index (χ1n) is 9.11. The Morgan fingerprint density at radius 1 is 1.23 bits per heavy atom. The third-order valence-corrected chi connectivity index (χ3v) is 5.92. The number of nitrogens with zero attached hydrogens (tertiary/aromatic N) is 1. The van der Waals surface area contributed by atoms with Crippen molar-refractivity contribution in [3.8, 4) is 5.75 Å². The first-order chi connectivity index (χ1) is 14.2. The number of amides is 2. The molecule has 0 spiro atoms. The van der Waals surface area contributed by atoms with Crippen molar-refractivity contribution in [3.05, 3.63) is 53.6 Å². The second-order valence-electron chi connectivity index (χ2n) is 6.95. The summed E-state index contributed by atoms with van der Waals surface area (Å²) in [6.45, 7) is 0.218. The third-order valence-electron chi connectivity index (χ3n) is 5.12. The Balaban J connectivity index is 1.94. The summed E-state index contributed by atoms with van der Waals surface area (Å²) in [5, 5.41) is 2.80. The fraction of sp³-hybridized carbons (Fsp3) is 0.333. The zero-order chi connectivity index (χ0) is 22.1. The van der Waals surface area contributed by atoms with Crippen LogP contribution in [0.3, 0.4) is 0 Å². The Morgan fingerprint density at radius 3 is 2.57 bits per heavy atom. The predicted molar refractivity (Wildman–Crippen MR) is 109 cm³/mol. The van der Waals surface area contributed by atoms with Gasteiger partial charge in [0.05, 0.1) is 18.4 Å². The molecule has 1 N–H and O–H groups in total. The summed E-state index contributed by atoms with van der Waals surface area (Å²) < 4.78 is 44.5. The molecule has 2 aromatic rings. The molecular formula is C21H21F3N2O3S. The maximum atomic E-state index is 13.2. The summed E-state index contributed by atoms with van der Waals surface area (Å²) in [5.41, 5.74) is 0.123. The molecule has 1 aliphatic heterocycles. The molecule has 2 amide bonds. The number of carbonyl (C=O) groups excluding carboxylic acids is 2. The Bertz CT molecular complexity index is 965. The summed E-state index contributed by atoms with van der Waals surface area (Å²) in [5.74, 6) is -2.85. The van der Waals surface area contributed by atoms with Crippen LogP contribution in [0.1, 0.15) is 17.0 Å². The van der Waals surface area contributed by atoms with Gasteiger partial charge in [0.25, 0.3) is 0 Å². The smallest absolute Gasteiger partial charge is 0.419 e. The van der Waals surface area contributed by atoms with E-state index in [4.69, 9.17) is 4.74 Å². The van der Waals surface area contributed by atoms with Crippen LogP contribution in [0.5, 0.6) is 5.75 Å². The number of hydrogen-bond donors (Lipinski definition) is 1. The summed E-state index contributed by atoms with van der Waals surface area (Å²) in [6.07, 6.45) is -2.69. The summed E-state index contributed by atoms with van der Waals surface area (Å²) in [7, 11) is 2.73. The van der Waals surface area contributed by atoms with Crippen molar-refractivity contribution in [2.75, 3.05) is 32.3 Å². The van der Waals surface area contributed by atoms with Gasteiger partial charge in [-0.2, -0.15) is 13.2 Å². The fourth-order valence-corrected chi connectivity index (χ4v) is 4.18. The summed E-state index contributed by atoms with van der Waals surface area (Å²) in [4.78, 5) is 28.0. The lowest BCUT2D eigenvalue weighted by Gasteiger charge is -2.20. The molecule has 1 heterocycles. The highest BCUT2D eigenvalue weighted by molar-refractivity contribution is 7.98. The Morgan fingerprint density at radius 2 is 1.93 bits per heavy atom. The van der Waals surface area contributed by atoms with E-state index < -0.39 is 29.5 Å². The molecule has 9 heteroatoms. The van der Waals surface area contributed by atoms with E-state index in [0.29, 0.717) is 11.3 Å². The zero-order valence-corrected chi connectivity index (χ0v) is 17.4. The minimum absolute atomic E-state index is 0.218. The molecule has 1 aliphatic rings. The summed E-state index contributed by atoms with van der Waals surface area (Å²) >= 11 is 1.45. The SMILES string of the molecule is COc1cc([C@H]2CN(C)C(=O)[C@@H]2C(=O)Nc2ccccc2SC)ccc1C(F)(F)F. The molecule has 1 fully saturated rings. The van der Waals surface area contributed by atoms with Gasteiger partial charge in [0, 0.05) is 24.4 Å². The van der Waals surface area contributed by atoms with Gasteiger partial charge in [-0.05, 0) is 36.1 Å². The molecule has 1 saturated heterocycles. The van der Waals surface area contributed by atoms with Gasteiger partial charge in [-0.25, -0.2) is 0 Å². The molecule has 2 atom stereocenters. The quantitative estimate of drug-likeness (QED) is 0.560. The van der Waals surface area contributed by atoms with Gasteiger partial charge in [-0.15, -0.1) is 11.8 Å². The second kappa shape index (κ2) is 8.59. The first-order valence-corrected chi connectivity index (χ1v) is 10.3. The van der Waals surface area contributed by atoms with Crippen molar-refractivity contribution in [2.45, 2.75) is 17.0 Å². The van der Waals surface area contributed by atoms with Crippen LogP contribution in [-0.4, -0.2) is 43.7 Å². The van der Waals surface area contributed by atoms with E-state index in [1.807, 2.05) is 18.4 Å². The number of methoxy groups -OCH3 is 1. The van der Waals surface area contributed by atoms with E-state index in [9.17, 15) is 22.8 Å². The van der Waals surface area contributed by atoms with E-state index in [1.54, 1.807) is 19.2 Å². The molecule has 2 aromatic carbocycles. The molecule has 0 unspecified atom stereocenters. The number of likely N-dealkylation sites (N-methyl/N-ethyl adjacent to an activating group) is 1. The van der Waals surface area contributed by atoms with Crippen molar-refractivity contribution in [3.63, 3.8) is 0 Å². The average Bonchev–Trinajstić information content (AvgIpc) is 3.01. The number of carbonyl (C=O) groups is 2. The maximum absolute atomic E-state index is 13.2. The molecule has 5 nitrogen and oxygen atoms in total. The van der Waals surface area contributed by atoms with Crippen molar-refractivity contribution in [1.29, 1.82) is 0 Å². The van der Waals surface area contributed by atoms with Gasteiger partial charge in [0.2, 0.25) is 11.8 Å². The molecule has 0 bridgehead atoms. The van der Waals surface area contributed by atoms with Gasteiger partial charge in [0.15, 0.2) is 0 Å². The molecule has 160 valence electrons. The Kier molecular flexibility index (Phi) is 6.30. The van der Waals surface area contributed by atoms with Crippen LogP contribution in [-0.2, 0) is 15.8 Å². The molecule has 0 aliphatic carbocycles. The first kappa shape index (κ1) is 22.0. The summed E-state index contributed by atoms with van der Waals surface area (Å²) in [6, 6.07) is 10.7. The number of rotatable bonds is 5. The largest absolute Gasteiger partial charge is 0.496 e. The number of ether oxygens (including phenoxy) is 1. The van der Waals surface area contributed by atoms with Crippen molar-refractivity contribution >= 4 is 29.3 Å². The Hall–Kier alpha value is -2.68. The van der Waals surface area contributed by atoms with E-state index in [-0.39, 0.29) is 18.2 Å². The van der Waals surface area contributed by atoms with Crippen LogP contribution < -0.4 is 10.1 Å². The molecule has 30 heavy (non-hydrogen) atoms. The number of thioether (sulfide) groups is 1. The van der Waals surface area contributed by atoms with E-state index in [0.717, 1.165) is 18.1 Å². The number of para-hydroxylation sites is 1. The standard InChI is InChI=1S/C21H21F3N2O3S/c1-26-11-13(12-8-9-14(21(22,23)24)16(10-12)29-2)18(20(26)28)19(27)25-15-6-4-5-7-17(15)30-3/h4-10,13,18H,11H2,1-3H3,(H,25,27)/t13-,18+/m1/s1. The number of nitrogens with one attached hydrogen (secondary N) is 1. The van der Waals surface area contributed by atoms with Gasteiger partial charge in [-0.1, -0.05) is 18.2 Å². The number of hydrogen-bond acceptors (Lipinski definition) is 4.